The Hall–Kier alpha value is -9.25. The zero-order chi connectivity index (χ0) is 91.6. The first-order valence-electron chi connectivity index (χ1n) is 41.7. The van der Waals surface area contributed by atoms with E-state index < -0.39 is 251 Å². The lowest BCUT2D eigenvalue weighted by Gasteiger charge is -2.27. The second kappa shape index (κ2) is 52.7. The summed E-state index contributed by atoms with van der Waals surface area (Å²) in [6, 6.07) is -5.89. The molecule has 33 nitrogen and oxygen atoms in total. The van der Waals surface area contributed by atoms with Crippen LogP contribution in [0.3, 0.4) is 0 Å². The monoisotopic (exact) mass is 1690 g/mol. The standard InChI is InChI=1S/C86H145N9O24/c1-25-26-37-58(96)48-57(51-70(103)114-81(7,8)9)74(107)94-62(40-43-69(102)113-80(4,5)6)67(100)52-59(54(2)3)75(108)95-63(53-71(104)115-82(10,11)12)64(97)41-42-68(101)92-60(38-29-33-46-90-78(111)118-85(19,20)21)66(99)50-56(36-28-32-45-89-77(110)117-84(16,17)18)73(106)93-61(39-30-34-47-91-79(112)119-86(22,23)24)65(98)49-55(72(87)105)35-27-31-44-88-76(109)116-83(13,14)15/h1,54-57,59-63H,26-53H2,2-24H3,(H2,87,105)(H,88,109)(H,89,110)(H,90,111)(H,91,112)(H,92,101)(H,93,106)(H,94,107)(H,95,108)/t55-,56-,57+,59+,60+,61+,62+,63+/m1/s1. The van der Waals surface area contributed by atoms with Crippen LogP contribution in [0.2, 0.25) is 0 Å². The van der Waals surface area contributed by atoms with Crippen LogP contribution >= 0.6 is 0 Å². The van der Waals surface area contributed by atoms with Crippen molar-refractivity contribution < 1.29 is 115 Å². The Labute approximate surface area is 705 Å². The van der Waals surface area contributed by atoms with Gasteiger partial charge < -0.3 is 81.4 Å². The topological polar surface area (TPSA) is 477 Å². The van der Waals surface area contributed by atoms with E-state index in [2.05, 4.69) is 48.5 Å². The van der Waals surface area contributed by atoms with Gasteiger partial charge in [-0.1, -0.05) is 26.7 Å². The van der Waals surface area contributed by atoms with E-state index in [1.807, 2.05) is 0 Å². The quantitative estimate of drug-likeness (QED) is 0.0118. The fourth-order valence-electron chi connectivity index (χ4n) is 11.8. The van der Waals surface area contributed by atoms with Gasteiger partial charge in [-0.3, -0.25) is 62.3 Å². The van der Waals surface area contributed by atoms with Gasteiger partial charge in [0.2, 0.25) is 29.5 Å². The number of ketones is 5. The molecule has 0 aromatic carbocycles. The molecule has 0 spiro atoms. The number of carbonyl (C=O) groups excluding carboxylic acids is 17. The Morgan fingerprint density at radius 1 is 0.319 bits per heavy atom. The van der Waals surface area contributed by atoms with Crippen molar-refractivity contribution in [2.24, 2.45) is 35.3 Å². The van der Waals surface area contributed by atoms with Crippen LogP contribution < -0.4 is 48.3 Å². The molecule has 0 aromatic heterocycles. The average molecular weight is 1690 g/mol. The summed E-state index contributed by atoms with van der Waals surface area (Å²) in [4.78, 5) is 234. The normalized spacial score (nSPS) is 14.0. The third-order valence-electron chi connectivity index (χ3n) is 17.2. The predicted octanol–water partition coefficient (Wildman–Crippen LogP) is 10.5. The van der Waals surface area contributed by atoms with Crippen LogP contribution in [-0.2, 0) is 95.5 Å². The lowest BCUT2D eigenvalue weighted by molar-refractivity contribution is -0.158. The summed E-state index contributed by atoms with van der Waals surface area (Å²) in [6.07, 6.45) is -0.788. The maximum atomic E-state index is 15.1. The highest BCUT2D eigenvalue weighted by atomic mass is 16.6. The molecular weight excluding hydrogens is 1540 g/mol. The number of alkyl carbamates (subject to hydrolysis) is 4. The van der Waals surface area contributed by atoms with Crippen LogP contribution in [0.25, 0.3) is 0 Å². The van der Waals surface area contributed by atoms with E-state index in [1.165, 1.54) is 0 Å². The van der Waals surface area contributed by atoms with Crippen LogP contribution in [0.15, 0.2) is 0 Å². The van der Waals surface area contributed by atoms with E-state index in [4.69, 9.17) is 45.3 Å². The molecule has 0 fully saturated rings. The summed E-state index contributed by atoms with van der Waals surface area (Å²) in [5.74, 6) is -13.4. The fourth-order valence-corrected chi connectivity index (χ4v) is 11.8. The highest BCUT2D eigenvalue weighted by Crippen LogP contribution is 2.26. The first kappa shape index (κ1) is 110. The molecule has 9 amide bonds. The fraction of sp³-hybridized carbons (Fsp3) is 0.779. The molecule has 119 heavy (non-hydrogen) atoms. The molecule has 8 atom stereocenters. The maximum absolute atomic E-state index is 15.1. The molecule has 0 rings (SSSR count). The van der Waals surface area contributed by atoms with Crippen molar-refractivity contribution in [1.29, 1.82) is 0 Å². The smallest absolute Gasteiger partial charge is 0.407 e. The van der Waals surface area contributed by atoms with Gasteiger partial charge in [0.1, 0.15) is 45.0 Å². The van der Waals surface area contributed by atoms with Gasteiger partial charge in [-0.25, -0.2) is 19.2 Å². The number of esters is 3. The summed E-state index contributed by atoms with van der Waals surface area (Å²) < 4.78 is 38.0. The van der Waals surface area contributed by atoms with Crippen LogP contribution in [0.1, 0.15) is 313 Å². The molecule has 0 saturated heterocycles. The third-order valence-corrected chi connectivity index (χ3v) is 17.2. The van der Waals surface area contributed by atoms with Crippen molar-refractivity contribution >= 4 is 101 Å². The number of terminal acetylenes is 1. The summed E-state index contributed by atoms with van der Waals surface area (Å²) >= 11 is 0. The van der Waals surface area contributed by atoms with Crippen LogP contribution in [0, 0.1) is 41.9 Å². The van der Waals surface area contributed by atoms with Gasteiger partial charge in [0, 0.05) is 102 Å². The minimum atomic E-state index is -1.70. The Morgan fingerprint density at radius 3 is 1.04 bits per heavy atom. The minimum absolute atomic E-state index is 0.00999. The lowest BCUT2D eigenvalue weighted by Crippen LogP contribution is -2.49. The lowest BCUT2D eigenvalue weighted by atomic mass is 9.86. The van der Waals surface area contributed by atoms with Crippen molar-refractivity contribution in [3.63, 3.8) is 0 Å². The van der Waals surface area contributed by atoms with Crippen LogP contribution in [0.5, 0.6) is 0 Å². The summed E-state index contributed by atoms with van der Waals surface area (Å²) in [6.45, 7) is 38.4. The van der Waals surface area contributed by atoms with Gasteiger partial charge in [0.15, 0.2) is 23.1 Å². The number of amides is 9. The number of unbranched alkanes of at least 4 members (excludes halogenated alkanes) is 4. The van der Waals surface area contributed by atoms with Gasteiger partial charge >= 0.3 is 42.3 Å². The molecule has 0 aliphatic heterocycles. The van der Waals surface area contributed by atoms with E-state index in [-0.39, 0.29) is 103 Å². The van der Waals surface area contributed by atoms with Crippen molar-refractivity contribution in [3.05, 3.63) is 0 Å². The van der Waals surface area contributed by atoms with Crippen molar-refractivity contribution in [2.45, 2.75) is 377 Å². The van der Waals surface area contributed by atoms with E-state index in [0.29, 0.717) is 19.3 Å². The van der Waals surface area contributed by atoms with E-state index in [1.54, 1.807) is 159 Å². The Balaban J connectivity index is 7.80. The number of rotatable bonds is 53. The van der Waals surface area contributed by atoms with Crippen molar-refractivity contribution in [1.82, 2.24) is 42.5 Å². The van der Waals surface area contributed by atoms with Crippen molar-refractivity contribution in [3.8, 4) is 12.3 Å². The SMILES string of the molecule is C#CCCC(=O)C[C@@H](CC(=O)OC(C)(C)C)C(=O)N[C@@H](CCC(=O)OC(C)(C)C)C(=O)C[C@H](C(=O)N[C@@H](CC(=O)OC(C)(C)C)C(=O)CCC(=O)N[C@@H](CCCCNC(=O)OC(C)(C)C)C(=O)C[C@@H](CCCCNC(=O)OC(C)(C)C)C(=O)N[C@@H](CCCCNC(=O)OC(C)(C)C)C(=O)C[C@@H](CCCCNC(=O)OC(C)(C)C)C(N)=O)C(C)C. The molecule has 0 bridgehead atoms. The van der Waals surface area contributed by atoms with Gasteiger partial charge in [-0.05, 0) is 222 Å². The number of hydrogen-bond donors (Lipinski definition) is 9. The number of hydrogen-bond acceptors (Lipinski definition) is 24. The van der Waals surface area contributed by atoms with Crippen molar-refractivity contribution in [2.75, 3.05) is 26.2 Å². The number of Topliss-reactive ketones (excluding diaryl/α,β-unsaturated/α-hetero) is 5. The van der Waals surface area contributed by atoms with Crippen LogP contribution in [0.4, 0.5) is 19.2 Å². The minimum Gasteiger partial charge on any atom is -0.460 e. The highest BCUT2D eigenvalue weighted by molar-refractivity contribution is 5.99. The zero-order valence-electron chi connectivity index (χ0n) is 75.4. The molecule has 0 aliphatic rings. The van der Waals surface area contributed by atoms with E-state index >= 15 is 9.59 Å². The first-order chi connectivity index (χ1) is 54.6. The Kier molecular flexibility index (Phi) is 48.6. The summed E-state index contributed by atoms with van der Waals surface area (Å²) in [7, 11) is 0. The van der Waals surface area contributed by atoms with E-state index in [9.17, 15) is 71.9 Å². The Bertz CT molecular complexity index is 3410. The number of ether oxygens (including phenoxy) is 7. The molecule has 678 valence electrons. The summed E-state index contributed by atoms with van der Waals surface area (Å²) in [5.41, 5.74) is -0.352. The first-order valence-corrected chi connectivity index (χ1v) is 41.7. The number of nitrogens with one attached hydrogen (secondary N) is 8. The largest absolute Gasteiger partial charge is 0.460 e. The average Bonchev–Trinajstić information content (AvgIpc) is 0.845. The number of primary amides is 1. The number of nitrogens with two attached hydrogens (primary N) is 1. The zero-order valence-corrected chi connectivity index (χ0v) is 75.4. The van der Waals surface area contributed by atoms with Gasteiger partial charge in [0.05, 0.1) is 42.9 Å². The van der Waals surface area contributed by atoms with Gasteiger partial charge in [-0.2, -0.15) is 0 Å². The molecule has 0 radical (unpaired) electrons. The number of carbonyl (C=O) groups is 17. The molecule has 0 heterocycles. The van der Waals surface area contributed by atoms with Crippen LogP contribution in [-0.4, -0.2) is 190 Å². The molecule has 0 aromatic rings. The predicted molar refractivity (Wildman–Crippen MR) is 445 cm³/mol. The van der Waals surface area contributed by atoms with E-state index in [0.717, 1.165) is 0 Å². The molecule has 10 N–H and O–H groups in total. The second-order valence-corrected chi connectivity index (χ2v) is 37.5. The van der Waals surface area contributed by atoms with Gasteiger partial charge in [0.25, 0.3) is 0 Å². The second-order valence-electron chi connectivity index (χ2n) is 37.5. The van der Waals surface area contributed by atoms with Gasteiger partial charge in [-0.15, -0.1) is 12.3 Å². The highest BCUT2D eigenvalue weighted by Gasteiger charge is 2.38. The molecule has 0 aliphatic carbocycles. The third kappa shape index (κ3) is 56.8. The molecule has 33 heteroatoms. The molecule has 0 saturated carbocycles. The maximum Gasteiger partial charge on any atom is 0.407 e. The Morgan fingerprint density at radius 2 is 0.655 bits per heavy atom. The molecular formula is C86H145N9O24. The summed E-state index contributed by atoms with van der Waals surface area (Å²) in [5, 5.41) is 21.4. The molecule has 0 unspecified atom stereocenters.